The summed E-state index contributed by atoms with van der Waals surface area (Å²) in [5.74, 6) is 1.26. The zero-order valence-electron chi connectivity index (χ0n) is 11.3. The zero-order chi connectivity index (χ0) is 13.7. The molecular weight excluding hydrogens is 242 g/mol. The van der Waals surface area contributed by atoms with Crippen molar-refractivity contribution < 1.29 is 9.53 Å². The van der Waals surface area contributed by atoms with Crippen molar-refractivity contribution in [1.29, 1.82) is 0 Å². The number of carbonyl (C=O) groups is 1. The van der Waals surface area contributed by atoms with Crippen molar-refractivity contribution in [2.75, 3.05) is 19.7 Å². The number of hydrogen-bond donors (Lipinski definition) is 1. The number of hydrogen-bond acceptors (Lipinski definition) is 4. The fourth-order valence-corrected chi connectivity index (χ4v) is 2.46. The number of likely N-dealkylation sites (tertiary alicyclic amines) is 1. The van der Waals surface area contributed by atoms with Gasteiger partial charge in [-0.2, -0.15) is 0 Å². The van der Waals surface area contributed by atoms with Gasteiger partial charge in [0.2, 0.25) is 0 Å². The SMILES string of the molecule is CC1CCN(C(=O)COc2cccnc2)C(CN)C1. The van der Waals surface area contributed by atoms with Gasteiger partial charge >= 0.3 is 0 Å². The molecule has 2 atom stereocenters. The van der Waals surface area contributed by atoms with E-state index in [1.165, 1.54) is 0 Å². The number of amides is 1. The first-order chi connectivity index (χ1) is 9.20. The number of nitrogens with zero attached hydrogens (tertiary/aromatic N) is 2. The Balaban J connectivity index is 1.88. The molecule has 0 aliphatic carbocycles. The maximum absolute atomic E-state index is 12.2. The largest absolute Gasteiger partial charge is 0.482 e. The van der Waals surface area contributed by atoms with Gasteiger partial charge in [-0.3, -0.25) is 9.78 Å². The number of nitrogens with two attached hydrogens (primary N) is 1. The molecule has 5 nitrogen and oxygen atoms in total. The fraction of sp³-hybridized carbons (Fsp3) is 0.571. The number of rotatable bonds is 4. The summed E-state index contributed by atoms with van der Waals surface area (Å²) in [7, 11) is 0. The van der Waals surface area contributed by atoms with Crippen LogP contribution in [0.3, 0.4) is 0 Å². The van der Waals surface area contributed by atoms with Crippen molar-refractivity contribution in [3.63, 3.8) is 0 Å². The summed E-state index contributed by atoms with van der Waals surface area (Å²) < 4.78 is 5.45. The smallest absolute Gasteiger partial charge is 0.260 e. The molecule has 0 spiro atoms. The number of ether oxygens (including phenoxy) is 1. The van der Waals surface area contributed by atoms with Gasteiger partial charge in [-0.05, 0) is 30.9 Å². The van der Waals surface area contributed by atoms with Crippen LogP contribution in [0.25, 0.3) is 0 Å². The molecule has 104 valence electrons. The molecule has 1 saturated heterocycles. The molecule has 2 unspecified atom stereocenters. The lowest BCUT2D eigenvalue weighted by Gasteiger charge is -2.37. The van der Waals surface area contributed by atoms with E-state index in [4.69, 9.17) is 10.5 Å². The van der Waals surface area contributed by atoms with Gasteiger partial charge in [0.05, 0.1) is 6.20 Å². The third kappa shape index (κ3) is 3.67. The zero-order valence-corrected chi connectivity index (χ0v) is 11.3. The Labute approximate surface area is 113 Å². The van der Waals surface area contributed by atoms with E-state index in [0.29, 0.717) is 18.2 Å². The Morgan fingerprint density at radius 2 is 2.47 bits per heavy atom. The molecule has 19 heavy (non-hydrogen) atoms. The molecule has 0 saturated carbocycles. The summed E-state index contributed by atoms with van der Waals surface area (Å²) in [6, 6.07) is 3.72. The van der Waals surface area contributed by atoms with Crippen molar-refractivity contribution >= 4 is 5.91 Å². The van der Waals surface area contributed by atoms with Crippen molar-refractivity contribution in [2.45, 2.75) is 25.8 Å². The van der Waals surface area contributed by atoms with Gasteiger partial charge in [0.1, 0.15) is 5.75 Å². The third-order valence-electron chi connectivity index (χ3n) is 3.57. The first kappa shape index (κ1) is 13.8. The quantitative estimate of drug-likeness (QED) is 0.881. The highest BCUT2D eigenvalue weighted by Crippen LogP contribution is 2.22. The van der Waals surface area contributed by atoms with Crippen LogP contribution in [-0.2, 0) is 4.79 Å². The molecule has 1 aliphatic heterocycles. The average molecular weight is 263 g/mol. The normalized spacial score (nSPS) is 23.2. The van der Waals surface area contributed by atoms with Crippen molar-refractivity contribution in [1.82, 2.24) is 9.88 Å². The fourth-order valence-electron chi connectivity index (χ4n) is 2.46. The number of carbonyl (C=O) groups excluding carboxylic acids is 1. The first-order valence-electron chi connectivity index (χ1n) is 6.73. The molecule has 2 N–H and O–H groups in total. The second-order valence-corrected chi connectivity index (χ2v) is 5.08. The Hall–Kier alpha value is -1.62. The van der Waals surface area contributed by atoms with E-state index >= 15 is 0 Å². The van der Waals surface area contributed by atoms with Crippen molar-refractivity contribution in [3.8, 4) is 5.75 Å². The van der Waals surface area contributed by atoms with Crippen LogP contribution in [0.5, 0.6) is 5.75 Å². The van der Waals surface area contributed by atoms with E-state index in [1.807, 2.05) is 4.90 Å². The lowest BCUT2D eigenvalue weighted by atomic mass is 9.92. The highest BCUT2D eigenvalue weighted by Gasteiger charge is 2.28. The van der Waals surface area contributed by atoms with E-state index in [0.717, 1.165) is 19.4 Å². The molecule has 5 heteroatoms. The second-order valence-electron chi connectivity index (χ2n) is 5.08. The molecule has 0 radical (unpaired) electrons. The Bertz CT molecular complexity index is 410. The lowest BCUT2D eigenvalue weighted by molar-refractivity contribution is -0.137. The molecule has 0 aromatic carbocycles. The monoisotopic (exact) mass is 263 g/mol. The van der Waals surface area contributed by atoms with E-state index in [9.17, 15) is 4.79 Å². The molecule has 1 aromatic heterocycles. The van der Waals surface area contributed by atoms with Crippen LogP contribution in [0.1, 0.15) is 19.8 Å². The summed E-state index contributed by atoms with van der Waals surface area (Å²) >= 11 is 0. The Morgan fingerprint density at radius 3 is 3.16 bits per heavy atom. The van der Waals surface area contributed by atoms with Crippen LogP contribution in [0.2, 0.25) is 0 Å². The van der Waals surface area contributed by atoms with Gasteiger partial charge < -0.3 is 15.4 Å². The Morgan fingerprint density at radius 1 is 1.63 bits per heavy atom. The van der Waals surface area contributed by atoms with Gasteiger partial charge in [-0.1, -0.05) is 6.92 Å². The van der Waals surface area contributed by atoms with Crippen LogP contribution in [0.15, 0.2) is 24.5 Å². The molecule has 2 rings (SSSR count). The number of pyridine rings is 1. The van der Waals surface area contributed by atoms with Crippen LogP contribution < -0.4 is 10.5 Å². The van der Waals surface area contributed by atoms with Gasteiger partial charge in [-0.25, -0.2) is 0 Å². The van der Waals surface area contributed by atoms with Crippen molar-refractivity contribution in [2.24, 2.45) is 11.7 Å². The lowest BCUT2D eigenvalue weighted by Crippen LogP contribution is -2.50. The summed E-state index contributed by atoms with van der Waals surface area (Å²) in [5.41, 5.74) is 5.76. The van der Waals surface area contributed by atoms with E-state index in [1.54, 1.807) is 24.5 Å². The third-order valence-corrected chi connectivity index (χ3v) is 3.57. The summed E-state index contributed by atoms with van der Waals surface area (Å²) in [6.45, 7) is 3.55. The molecular formula is C14H21N3O2. The van der Waals surface area contributed by atoms with Crippen LogP contribution in [0.4, 0.5) is 0 Å². The molecule has 1 aliphatic rings. The van der Waals surface area contributed by atoms with Crippen LogP contribution in [0, 0.1) is 5.92 Å². The van der Waals surface area contributed by atoms with Gasteiger partial charge in [0.25, 0.3) is 5.91 Å². The topological polar surface area (TPSA) is 68.5 Å². The molecule has 1 amide bonds. The van der Waals surface area contributed by atoms with E-state index < -0.39 is 0 Å². The van der Waals surface area contributed by atoms with E-state index in [-0.39, 0.29) is 18.6 Å². The average Bonchev–Trinajstić information content (AvgIpc) is 2.45. The van der Waals surface area contributed by atoms with Crippen LogP contribution >= 0.6 is 0 Å². The van der Waals surface area contributed by atoms with Gasteiger partial charge in [-0.15, -0.1) is 0 Å². The maximum atomic E-state index is 12.2. The van der Waals surface area contributed by atoms with Gasteiger partial charge in [0.15, 0.2) is 6.61 Å². The minimum atomic E-state index is 0.00574. The number of aromatic nitrogens is 1. The maximum Gasteiger partial charge on any atom is 0.260 e. The standard InChI is InChI=1S/C14H21N3O2/c1-11-4-6-17(12(7-11)8-15)14(18)10-19-13-3-2-5-16-9-13/h2-3,5,9,11-12H,4,6-8,10,15H2,1H3. The highest BCUT2D eigenvalue weighted by molar-refractivity contribution is 5.78. The molecule has 1 aromatic rings. The first-order valence-corrected chi connectivity index (χ1v) is 6.73. The van der Waals surface area contributed by atoms with Crippen LogP contribution in [-0.4, -0.2) is 41.5 Å². The highest BCUT2D eigenvalue weighted by atomic mass is 16.5. The second kappa shape index (κ2) is 6.52. The minimum Gasteiger partial charge on any atom is -0.482 e. The van der Waals surface area contributed by atoms with Crippen molar-refractivity contribution in [3.05, 3.63) is 24.5 Å². The molecule has 1 fully saturated rings. The summed E-state index contributed by atoms with van der Waals surface area (Å²) in [5, 5.41) is 0. The molecule has 2 heterocycles. The minimum absolute atomic E-state index is 0.00574. The van der Waals surface area contributed by atoms with E-state index in [2.05, 4.69) is 11.9 Å². The summed E-state index contributed by atoms with van der Waals surface area (Å²) in [4.78, 5) is 18.0. The molecule has 0 bridgehead atoms. The van der Waals surface area contributed by atoms with Gasteiger partial charge in [0, 0.05) is 25.3 Å². The predicted molar refractivity (Wildman–Crippen MR) is 72.7 cm³/mol. The Kier molecular flexibility index (Phi) is 4.74. The summed E-state index contributed by atoms with van der Waals surface area (Å²) in [6.07, 6.45) is 5.29. The predicted octanol–water partition coefficient (Wildman–Crippen LogP) is 1.05. The number of piperidine rings is 1.